The minimum absolute atomic E-state index is 0.0898. The molecule has 3 nitrogen and oxygen atoms in total. The Hall–Kier alpha value is -2.07. The van der Waals surface area contributed by atoms with Gasteiger partial charge in [-0.2, -0.15) is 0 Å². The van der Waals surface area contributed by atoms with Crippen molar-refractivity contribution in [1.82, 2.24) is 0 Å². The van der Waals surface area contributed by atoms with Gasteiger partial charge in [0.25, 0.3) is 0 Å². The molecule has 0 aliphatic carbocycles. The predicted octanol–water partition coefficient (Wildman–Crippen LogP) is 3.10. The first-order valence-corrected chi connectivity index (χ1v) is 6.21. The fourth-order valence-corrected chi connectivity index (χ4v) is 2.33. The molecule has 20 heavy (non-hydrogen) atoms. The molecule has 0 heterocycles. The number of aliphatic hydroxyl groups is 1. The van der Waals surface area contributed by atoms with Gasteiger partial charge in [0.15, 0.2) is 0 Å². The molecular formula is C16H17FO3. The topological polar surface area (TPSA) is 38.7 Å². The van der Waals surface area contributed by atoms with E-state index >= 15 is 0 Å². The molecule has 1 unspecified atom stereocenters. The normalized spacial score (nSPS) is 13.7. The van der Waals surface area contributed by atoms with Gasteiger partial charge in [0, 0.05) is 5.56 Å². The first kappa shape index (κ1) is 14.3. The third-order valence-corrected chi connectivity index (χ3v) is 3.31. The summed E-state index contributed by atoms with van der Waals surface area (Å²) in [6.07, 6.45) is 0. The smallest absolute Gasteiger partial charge is 0.133 e. The number of ether oxygens (including phenoxy) is 2. The van der Waals surface area contributed by atoms with Crippen LogP contribution in [0.5, 0.6) is 11.5 Å². The fourth-order valence-electron chi connectivity index (χ4n) is 2.33. The highest BCUT2D eigenvalue weighted by Crippen LogP contribution is 2.40. The van der Waals surface area contributed by atoms with Crippen molar-refractivity contribution in [2.45, 2.75) is 12.5 Å². The first-order valence-electron chi connectivity index (χ1n) is 6.21. The van der Waals surface area contributed by atoms with Gasteiger partial charge in [-0.15, -0.1) is 0 Å². The first-order chi connectivity index (χ1) is 9.52. The molecule has 4 heteroatoms. The molecule has 2 rings (SSSR count). The van der Waals surface area contributed by atoms with E-state index < -0.39 is 11.4 Å². The van der Waals surface area contributed by atoms with Gasteiger partial charge in [0.05, 0.1) is 19.8 Å². The van der Waals surface area contributed by atoms with Gasteiger partial charge in [-0.1, -0.05) is 24.3 Å². The Morgan fingerprint density at radius 3 is 2.20 bits per heavy atom. The Labute approximate surface area is 117 Å². The average molecular weight is 276 g/mol. The average Bonchev–Trinajstić information content (AvgIpc) is 2.46. The second-order valence-corrected chi connectivity index (χ2v) is 4.59. The zero-order chi connectivity index (χ0) is 14.8. The van der Waals surface area contributed by atoms with Crippen LogP contribution in [0.25, 0.3) is 0 Å². The third-order valence-electron chi connectivity index (χ3n) is 3.31. The molecule has 0 saturated carbocycles. The second-order valence-electron chi connectivity index (χ2n) is 4.59. The lowest BCUT2D eigenvalue weighted by Gasteiger charge is -2.28. The van der Waals surface area contributed by atoms with Crippen LogP contribution in [0.4, 0.5) is 4.39 Å². The number of halogens is 1. The molecule has 0 bridgehead atoms. The summed E-state index contributed by atoms with van der Waals surface area (Å²) in [5, 5.41) is 10.9. The largest absolute Gasteiger partial charge is 0.496 e. The Kier molecular flexibility index (Phi) is 3.95. The van der Waals surface area contributed by atoms with Gasteiger partial charge in [-0.25, -0.2) is 4.39 Å². The van der Waals surface area contributed by atoms with Gasteiger partial charge in [-0.3, -0.25) is 0 Å². The number of methoxy groups -OCH3 is 2. The Bertz CT molecular complexity index is 608. The number of benzene rings is 2. The summed E-state index contributed by atoms with van der Waals surface area (Å²) >= 11 is 0. The van der Waals surface area contributed by atoms with Crippen molar-refractivity contribution in [3.8, 4) is 11.5 Å². The molecule has 0 aromatic heterocycles. The van der Waals surface area contributed by atoms with E-state index in [0.29, 0.717) is 17.1 Å². The molecule has 106 valence electrons. The lowest BCUT2D eigenvalue weighted by atomic mass is 9.86. The van der Waals surface area contributed by atoms with E-state index in [0.717, 1.165) is 0 Å². The highest BCUT2D eigenvalue weighted by atomic mass is 19.1. The molecule has 0 fully saturated rings. The zero-order valence-electron chi connectivity index (χ0n) is 11.7. The van der Waals surface area contributed by atoms with Crippen molar-refractivity contribution in [1.29, 1.82) is 0 Å². The summed E-state index contributed by atoms with van der Waals surface area (Å²) in [5.74, 6) is 0.254. The SMILES string of the molecule is COc1ccccc1C(C)(O)c1c(F)cccc1OC. The van der Waals surface area contributed by atoms with Crippen molar-refractivity contribution in [3.05, 3.63) is 59.4 Å². The van der Waals surface area contributed by atoms with E-state index in [9.17, 15) is 9.50 Å². The maximum Gasteiger partial charge on any atom is 0.133 e. The molecule has 1 atom stereocenters. The number of para-hydroxylation sites is 1. The Balaban J connectivity index is 2.66. The van der Waals surface area contributed by atoms with Crippen molar-refractivity contribution >= 4 is 0 Å². The van der Waals surface area contributed by atoms with Gasteiger partial charge in [-0.05, 0) is 25.1 Å². The maximum atomic E-state index is 14.2. The quantitative estimate of drug-likeness (QED) is 0.932. The van der Waals surface area contributed by atoms with E-state index in [4.69, 9.17) is 9.47 Å². The summed E-state index contributed by atoms with van der Waals surface area (Å²) in [5.41, 5.74) is -0.999. The summed E-state index contributed by atoms with van der Waals surface area (Å²) in [7, 11) is 2.95. The van der Waals surface area contributed by atoms with Gasteiger partial charge in [0.1, 0.15) is 22.9 Å². The van der Waals surface area contributed by atoms with Crippen LogP contribution in [-0.4, -0.2) is 19.3 Å². The number of hydrogen-bond donors (Lipinski definition) is 1. The van der Waals surface area contributed by atoms with Crippen LogP contribution in [0.3, 0.4) is 0 Å². The van der Waals surface area contributed by atoms with Crippen LogP contribution in [0.2, 0.25) is 0 Å². The van der Waals surface area contributed by atoms with Gasteiger partial charge >= 0.3 is 0 Å². The van der Waals surface area contributed by atoms with E-state index in [-0.39, 0.29) is 5.56 Å². The van der Waals surface area contributed by atoms with Crippen LogP contribution >= 0.6 is 0 Å². The number of rotatable bonds is 4. The Morgan fingerprint density at radius 1 is 0.950 bits per heavy atom. The zero-order valence-corrected chi connectivity index (χ0v) is 11.7. The maximum absolute atomic E-state index is 14.2. The van der Waals surface area contributed by atoms with Gasteiger partial charge < -0.3 is 14.6 Å². The molecule has 0 amide bonds. The van der Waals surface area contributed by atoms with Crippen molar-refractivity contribution in [3.63, 3.8) is 0 Å². The van der Waals surface area contributed by atoms with Gasteiger partial charge in [0.2, 0.25) is 0 Å². The molecule has 2 aromatic rings. The third kappa shape index (κ3) is 2.34. The lowest BCUT2D eigenvalue weighted by Crippen LogP contribution is -2.26. The highest BCUT2D eigenvalue weighted by Gasteiger charge is 2.34. The summed E-state index contributed by atoms with van der Waals surface area (Å²) < 4.78 is 24.6. The van der Waals surface area contributed by atoms with Crippen molar-refractivity contribution in [2.75, 3.05) is 14.2 Å². The van der Waals surface area contributed by atoms with Crippen LogP contribution in [-0.2, 0) is 5.60 Å². The van der Waals surface area contributed by atoms with E-state index in [2.05, 4.69) is 0 Å². The minimum atomic E-state index is -1.57. The second kappa shape index (κ2) is 5.51. The van der Waals surface area contributed by atoms with Crippen LogP contribution in [0.15, 0.2) is 42.5 Å². The fraction of sp³-hybridized carbons (Fsp3) is 0.250. The molecule has 1 N–H and O–H groups in total. The van der Waals surface area contributed by atoms with E-state index in [1.807, 2.05) is 0 Å². The van der Waals surface area contributed by atoms with Crippen LogP contribution < -0.4 is 9.47 Å². The van der Waals surface area contributed by atoms with E-state index in [1.54, 1.807) is 30.3 Å². The highest BCUT2D eigenvalue weighted by molar-refractivity contribution is 5.49. The molecule has 0 saturated heterocycles. The minimum Gasteiger partial charge on any atom is -0.496 e. The molecule has 2 aromatic carbocycles. The molecule has 0 aliphatic heterocycles. The van der Waals surface area contributed by atoms with Crippen molar-refractivity contribution < 1.29 is 19.0 Å². The summed E-state index contributed by atoms with van der Waals surface area (Å²) in [6.45, 7) is 1.52. The monoisotopic (exact) mass is 276 g/mol. The number of hydrogen-bond acceptors (Lipinski definition) is 3. The predicted molar refractivity (Wildman–Crippen MR) is 74.6 cm³/mol. The molecule has 0 spiro atoms. The van der Waals surface area contributed by atoms with E-state index in [1.165, 1.54) is 33.3 Å². The summed E-state index contributed by atoms with van der Waals surface area (Å²) in [6, 6.07) is 11.4. The van der Waals surface area contributed by atoms with Crippen LogP contribution in [0.1, 0.15) is 18.1 Å². The van der Waals surface area contributed by atoms with Crippen LogP contribution in [0, 0.1) is 5.82 Å². The molecule has 0 aliphatic rings. The summed E-state index contributed by atoms with van der Waals surface area (Å²) in [4.78, 5) is 0. The molecular weight excluding hydrogens is 259 g/mol. The van der Waals surface area contributed by atoms with Crippen molar-refractivity contribution in [2.24, 2.45) is 0 Å². The standard InChI is InChI=1S/C16H17FO3/c1-16(18,11-7-4-5-9-13(11)19-2)15-12(17)8-6-10-14(15)20-3/h4-10,18H,1-3H3. The Morgan fingerprint density at radius 2 is 1.55 bits per heavy atom. The molecule has 0 radical (unpaired) electrons. The lowest BCUT2D eigenvalue weighted by molar-refractivity contribution is 0.0914.